The Hall–Kier alpha value is -3.28. The normalized spacial score (nSPS) is 12.6. The minimum Gasteiger partial charge on any atom is -0.397 e. The molecule has 26 heavy (non-hydrogen) atoms. The molecule has 0 aliphatic heterocycles. The number of H-pyrrole nitrogens is 1. The Bertz CT molecular complexity index is 1130. The SMILES string of the molecule is Cc1noc(C)c1-c1cc(N)c2[nH]c(=O)n([C@H](C)c3ccccc3)c2c1. The predicted octanol–water partition coefficient (Wildman–Crippen LogP) is 3.79. The number of hydrogen-bond acceptors (Lipinski definition) is 4. The first kappa shape index (κ1) is 16.2. The summed E-state index contributed by atoms with van der Waals surface area (Å²) in [7, 11) is 0. The number of aryl methyl sites for hydroxylation is 2. The van der Waals surface area contributed by atoms with Crippen molar-refractivity contribution in [3.63, 3.8) is 0 Å². The number of nitrogens with two attached hydrogens (primary N) is 1. The lowest BCUT2D eigenvalue weighted by Crippen LogP contribution is -2.21. The van der Waals surface area contributed by atoms with Gasteiger partial charge >= 0.3 is 5.69 Å². The molecular formula is C20H20N4O2. The van der Waals surface area contributed by atoms with E-state index in [2.05, 4.69) is 10.1 Å². The van der Waals surface area contributed by atoms with E-state index in [9.17, 15) is 4.79 Å². The first-order chi connectivity index (χ1) is 12.5. The van der Waals surface area contributed by atoms with Crippen LogP contribution in [0.2, 0.25) is 0 Å². The second-order valence-electron chi connectivity index (χ2n) is 6.55. The van der Waals surface area contributed by atoms with Gasteiger partial charge in [0.2, 0.25) is 0 Å². The van der Waals surface area contributed by atoms with Gasteiger partial charge in [-0.2, -0.15) is 0 Å². The van der Waals surface area contributed by atoms with Crippen LogP contribution >= 0.6 is 0 Å². The lowest BCUT2D eigenvalue weighted by Gasteiger charge is -2.15. The zero-order valence-electron chi connectivity index (χ0n) is 14.9. The van der Waals surface area contributed by atoms with Gasteiger partial charge in [0.05, 0.1) is 28.5 Å². The Kier molecular flexibility index (Phi) is 3.68. The quantitative estimate of drug-likeness (QED) is 0.551. The molecule has 0 unspecified atom stereocenters. The van der Waals surface area contributed by atoms with Crippen molar-refractivity contribution in [2.24, 2.45) is 0 Å². The number of hydrogen-bond donors (Lipinski definition) is 2. The molecule has 1 atom stereocenters. The summed E-state index contributed by atoms with van der Waals surface area (Å²) in [5, 5.41) is 4.02. The van der Waals surface area contributed by atoms with Crippen LogP contribution in [0, 0.1) is 13.8 Å². The minimum absolute atomic E-state index is 0.128. The first-order valence-corrected chi connectivity index (χ1v) is 8.49. The van der Waals surface area contributed by atoms with E-state index >= 15 is 0 Å². The average Bonchev–Trinajstić information content (AvgIpc) is 3.14. The van der Waals surface area contributed by atoms with Crippen molar-refractivity contribution in [1.82, 2.24) is 14.7 Å². The van der Waals surface area contributed by atoms with E-state index in [1.165, 1.54) is 0 Å². The molecule has 0 aliphatic carbocycles. The number of fused-ring (bicyclic) bond motifs is 1. The molecule has 6 nitrogen and oxygen atoms in total. The average molecular weight is 348 g/mol. The third kappa shape index (κ3) is 2.42. The molecule has 4 rings (SSSR count). The van der Waals surface area contributed by atoms with Crippen molar-refractivity contribution >= 4 is 16.7 Å². The molecule has 0 spiro atoms. The lowest BCUT2D eigenvalue weighted by molar-refractivity contribution is 0.393. The number of aromatic nitrogens is 3. The highest BCUT2D eigenvalue weighted by atomic mass is 16.5. The van der Waals surface area contributed by atoms with Crippen LogP contribution in [-0.2, 0) is 0 Å². The van der Waals surface area contributed by atoms with Gasteiger partial charge in [-0.25, -0.2) is 4.79 Å². The summed E-state index contributed by atoms with van der Waals surface area (Å²) < 4.78 is 7.03. The maximum Gasteiger partial charge on any atom is 0.327 e. The fraction of sp³-hybridized carbons (Fsp3) is 0.200. The molecule has 0 fully saturated rings. The second-order valence-corrected chi connectivity index (χ2v) is 6.55. The number of nitrogens with zero attached hydrogens (tertiary/aromatic N) is 2. The Labute approximate surface area is 150 Å². The van der Waals surface area contributed by atoms with Crippen molar-refractivity contribution in [1.29, 1.82) is 0 Å². The van der Waals surface area contributed by atoms with Crippen LogP contribution in [0.5, 0.6) is 0 Å². The van der Waals surface area contributed by atoms with Gasteiger partial charge in [0.25, 0.3) is 0 Å². The molecular weight excluding hydrogens is 328 g/mol. The van der Waals surface area contributed by atoms with E-state index in [0.29, 0.717) is 11.2 Å². The van der Waals surface area contributed by atoms with Crippen LogP contribution in [0.1, 0.15) is 30.0 Å². The van der Waals surface area contributed by atoms with Crippen LogP contribution < -0.4 is 11.4 Å². The summed E-state index contributed by atoms with van der Waals surface area (Å²) in [6.45, 7) is 5.76. The van der Waals surface area contributed by atoms with Gasteiger partial charge in [-0.05, 0) is 44.0 Å². The zero-order chi connectivity index (χ0) is 18.4. The highest BCUT2D eigenvalue weighted by molar-refractivity contribution is 5.92. The van der Waals surface area contributed by atoms with Gasteiger partial charge < -0.3 is 15.2 Å². The summed E-state index contributed by atoms with van der Waals surface area (Å²) in [4.78, 5) is 15.5. The highest BCUT2D eigenvalue weighted by Crippen LogP contribution is 2.33. The third-order valence-electron chi connectivity index (χ3n) is 4.85. The van der Waals surface area contributed by atoms with Gasteiger partial charge in [-0.3, -0.25) is 4.57 Å². The van der Waals surface area contributed by atoms with Crippen molar-refractivity contribution in [2.75, 3.05) is 5.73 Å². The fourth-order valence-electron chi connectivity index (χ4n) is 3.56. The molecule has 4 aromatic rings. The van der Waals surface area contributed by atoms with E-state index in [1.54, 1.807) is 4.57 Å². The van der Waals surface area contributed by atoms with E-state index < -0.39 is 0 Å². The Morgan fingerprint density at radius 2 is 1.92 bits per heavy atom. The van der Waals surface area contributed by atoms with Gasteiger partial charge in [0.15, 0.2) is 0 Å². The van der Waals surface area contributed by atoms with E-state index in [0.717, 1.165) is 33.7 Å². The molecule has 0 saturated carbocycles. The van der Waals surface area contributed by atoms with Gasteiger partial charge in [0, 0.05) is 5.56 Å². The van der Waals surface area contributed by atoms with Crippen molar-refractivity contribution in [3.8, 4) is 11.1 Å². The van der Waals surface area contributed by atoms with Crippen molar-refractivity contribution in [3.05, 3.63) is 70.0 Å². The number of anilines is 1. The number of nitrogens with one attached hydrogen (secondary N) is 1. The smallest absolute Gasteiger partial charge is 0.327 e. The van der Waals surface area contributed by atoms with Gasteiger partial charge in [-0.15, -0.1) is 0 Å². The van der Waals surface area contributed by atoms with Crippen LogP contribution in [0.15, 0.2) is 51.8 Å². The predicted molar refractivity (Wildman–Crippen MR) is 102 cm³/mol. The molecule has 0 amide bonds. The summed E-state index contributed by atoms with van der Waals surface area (Å²) in [5.41, 5.74) is 11.6. The summed E-state index contributed by atoms with van der Waals surface area (Å²) in [6, 6.07) is 13.6. The van der Waals surface area contributed by atoms with Crippen LogP contribution in [-0.4, -0.2) is 14.7 Å². The Balaban J connectivity index is 1.98. The maximum absolute atomic E-state index is 12.7. The molecule has 2 aromatic carbocycles. The van der Waals surface area contributed by atoms with Gasteiger partial charge in [0.1, 0.15) is 5.76 Å². The van der Waals surface area contributed by atoms with E-state index in [1.807, 2.05) is 63.2 Å². The molecule has 132 valence electrons. The molecule has 0 bridgehead atoms. The number of benzene rings is 2. The fourth-order valence-corrected chi connectivity index (χ4v) is 3.56. The van der Waals surface area contributed by atoms with E-state index in [-0.39, 0.29) is 11.7 Å². The highest BCUT2D eigenvalue weighted by Gasteiger charge is 2.19. The number of nitrogen functional groups attached to an aromatic ring is 1. The van der Waals surface area contributed by atoms with Crippen LogP contribution in [0.25, 0.3) is 22.2 Å². The summed E-state index contributed by atoms with van der Waals surface area (Å²) in [6.07, 6.45) is 0. The Morgan fingerprint density at radius 1 is 1.19 bits per heavy atom. The molecule has 0 saturated heterocycles. The molecule has 2 aromatic heterocycles. The van der Waals surface area contributed by atoms with Crippen LogP contribution in [0.4, 0.5) is 5.69 Å². The summed E-state index contributed by atoms with van der Waals surface area (Å²) in [5.74, 6) is 0.724. The summed E-state index contributed by atoms with van der Waals surface area (Å²) >= 11 is 0. The third-order valence-corrected chi connectivity index (χ3v) is 4.85. The largest absolute Gasteiger partial charge is 0.397 e. The molecule has 2 heterocycles. The zero-order valence-corrected chi connectivity index (χ0v) is 14.9. The number of rotatable bonds is 3. The van der Waals surface area contributed by atoms with Crippen molar-refractivity contribution in [2.45, 2.75) is 26.8 Å². The second kappa shape index (κ2) is 5.91. The lowest BCUT2D eigenvalue weighted by atomic mass is 10.0. The molecule has 3 N–H and O–H groups in total. The molecule has 0 aliphatic rings. The molecule has 0 radical (unpaired) electrons. The first-order valence-electron chi connectivity index (χ1n) is 8.49. The topological polar surface area (TPSA) is 89.8 Å². The van der Waals surface area contributed by atoms with Gasteiger partial charge in [-0.1, -0.05) is 35.5 Å². The minimum atomic E-state index is -0.182. The monoisotopic (exact) mass is 348 g/mol. The number of aromatic amines is 1. The number of imidazole rings is 1. The Morgan fingerprint density at radius 3 is 2.58 bits per heavy atom. The van der Waals surface area contributed by atoms with E-state index in [4.69, 9.17) is 10.3 Å². The molecule has 6 heteroatoms. The van der Waals surface area contributed by atoms with Crippen molar-refractivity contribution < 1.29 is 4.52 Å². The van der Waals surface area contributed by atoms with Crippen LogP contribution in [0.3, 0.4) is 0 Å². The maximum atomic E-state index is 12.7. The standard InChI is InChI=1S/C20H20N4O2/c1-11-18(13(3)26-23-11)15-9-16(21)19-17(10-15)24(20(25)22-19)12(2)14-7-5-4-6-8-14/h4-10,12H,21H2,1-3H3,(H,22,25)/t12-/m1/s1.